The minimum Gasteiger partial charge on any atom is -0.487 e. The molecule has 1 heterocycles. The number of hydrogen-bond donors (Lipinski definition) is 0. The molecule has 0 N–H and O–H groups in total. The minimum absolute atomic E-state index is 0.309. The molecule has 1 unspecified atom stereocenters. The van der Waals surface area contributed by atoms with Crippen LogP contribution in [0.15, 0.2) is 48.5 Å². The van der Waals surface area contributed by atoms with Crippen LogP contribution < -0.4 is 14.2 Å². The van der Waals surface area contributed by atoms with Crippen molar-refractivity contribution in [3.63, 3.8) is 0 Å². The van der Waals surface area contributed by atoms with Gasteiger partial charge in [0.25, 0.3) is 0 Å². The third-order valence-corrected chi connectivity index (χ3v) is 4.10. The van der Waals surface area contributed by atoms with Crippen molar-refractivity contribution in [3.05, 3.63) is 48.5 Å². The van der Waals surface area contributed by atoms with Crippen LogP contribution in [0.5, 0.6) is 23.0 Å². The highest BCUT2D eigenvalue weighted by Gasteiger charge is 2.13. The van der Waals surface area contributed by atoms with Crippen molar-refractivity contribution in [3.8, 4) is 23.0 Å². The zero-order valence-electron chi connectivity index (χ0n) is 15.0. The van der Waals surface area contributed by atoms with Gasteiger partial charge in [-0.1, -0.05) is 24.3 Å². The van der Waals surface area contributed by atoms with Crippen LogP contribution in [0.3, 0.4) is 0 Å². The number of fused-ring (bicyclic) bond motifs is 2. The van der Waals surface area contributed by atoms with Crippen molar-refractivity contribution in [2.45, 2.75) is 5.01 Å². The first kappa shape index (κ1) is 19.9. The van der Waals surface area contributed by atoms with Gasteiger partial charge in [0.2, 0.25) is 0 Å². The summed E-state index contributed by atoms with van der Waals surface area (Å²) in [6.07, 6.45) is 0. The Kier molecular flexibility index (Phi) is 8.23. The molecule has 7 heteroatoms. The molecule has 2 aromatic carbocycles. The third kappa shape index (κ3) is 6.70. The largest absolute Gasteiger partial charge is 0.487 e. The quantitative estimate of drug-likeness (QED) is 0.578. The number of ether oxygens (including phenoxy) is 6. The number of hydrogen-bond acceptors (Lipinski definition) is 6. The van der Waals surface area contributed by atoms with E-state index in [-0.39, 0.29) is 5.01 Å². The lowest BCUT2D eigenvalue weighted by molar-refractivity contribution is 0.00241. The van der Waals surface area contributed by atoms with Crippen LogP contribution in [0.2, 0.25) is 0 Å². The van der Waals surface area contributed by atoms with Gasteiger partial charge in [0.15, 0.2) is 28.0 Å². The van der Waals surface area contributed by atoms with Crippen LogP contribution in [0.25, 0.3) is 0 Å². The van der Waals surface area contributed by atoms with Gasteiger partial charge >= 0.3 is 0 Å². The van der Waals surface area contributed by atoms with Crippen LogP contribution in [-0.2, 0) is 14.2 Å². The van der Waals surface area contributed by atoms with Crippen LogP contribution in [0.1, 0.15) is 0 Å². The molecule has 1 aliphatic heterocycles. The summed E-state index contributed by atoms with van der Waals surface area (Å²) in [5.41, 5.74) is 0. The monoisotopic (exact) mass is 438 g/mol. The molecule has 2 aromatic rings. The average Bonchev–Trinajstić information content (AvgIpc) is 2.68. The first-order chi connectivity index (χ1) is 13.3. The number of para-hydroxylation sites is 4. The van der Waals surface area contributed by atoms with Gasteiger partial charge in [-0.25, -0.2) is 0 Å². The van der Waals surface area contributed by atoms with E-state index < -0.39 is 0 Å². The predicted molar refractivity (Wildman–Crippen MR) is 104 cm³/mol. The summed E-state index contributed by atoms with van der Waals surface area (Å²) in [7, 11) is 0. The molecule has 0 fully saturated rings. The summed E-state index contributed by atoms with van der Waals surface area (Å²) in [5.74, 6) is 2.46. The van der Waals surface area contributed by atoms with E-state index in [9.17, 15) is 0 Å². The smallest absolute Gasteiger partial charge is 0.176 e. The number of benzene rings is 2. The fourth-order valence-electron chi connectivity index (χ4n) is 2.40. The molecule has 0 radical (unpaired) electrons. The highest BCUT2D eigenvalue weighted by Crippen LogP contribution is 2.36. The van der Waals surface area contributed by atoms with E-state index in [2.05, 4.69) is 15.9 Å². The van der Waals surface area contributed by atoms with E-state index in [1.807, 2.05) is 48.5 Å². The molecule has 3 rings (SSSR count). The van der Waals surface area contributed by atoms with Crippen LogP contribution in [0.4, 0.5) is 0 Å². The van der Waals surface area contributed by atoms with Gasteiger partial charge in [0.1, 0.15) is 6.61 Å². The normalized spacial score (nSPS) is 19.8. The molecule has 6 nitrogen and oxygen atoms in total. The molecule has 0 saturated heterocycles. The van der Waals surface area contributed by atoms with Crippen LogP contribution in [0, 0.1) is 0 Å². The molecule has 0 bridgehead atoms. The van der Waals surface area contributed by atoms with Gasteiger partial charge in [-0.2, -0.15) is 0 Å². The molecule has 0 aliphatic carbocycles. The number of alkyl halides is 1. The van der Waals surface area contributed by atoms with Gasteiger partial charge in [0.05, 0.1) is 39.6 Å². The first-order valence-electron chi connectivity index (χ1n) is 8.85. The first-order valence-corrected chi connectivity index (χ1v) is 9.77. The van der Waals surface area contributed by atoms with Gasteiger partial charge in [-0.15, -0.1) is 0 Å². The van der Waals surface area contributed by atoms with E-state index in [1.165, 1.54) is 0 Å². The zero-order valence-corrected chi connectivity index (χ0v) is 16.6. The topological polar surface area (TPSA) is 55.4 Å². The van der Waals surface area contributed by atoms with E-state index in [4.69, 9.17) is 28.4 Å². The Morgan fingerprint density at radius 1 is 0.630 bits per heavy atom. The van der Waals surface area contributed by atoms with Crippen molar-refractivity contribution < 1.29 is 28.4 Å². The van der Waals surface area contributed by atoms with E-state index in [0.717, 1.165) is 0 Å². The average molecular weight is 439 g/mol. The van der Waals surface area contributed by atoms with Gasteiger partial charge < -0.3 is 28.4 Å². The maximum Gasteiger partial charge on any atom is 0.176 e. The molecule has 146 valence electrons. The van der Waals surface area contributed by atoms with E-state index in [0.29, 0.717) is 69.2 Å². The fraction of sp³-hybridized carbons (Fsp3) is 0.400. The summed E-state index contributed by atoms with van der Waals surface area (Å²) in [6, 6.07) is 15.0. The molecule has 27 heavy (non-hydrogen) atoms. The zero-order chi connectivity index (χ0) is 18.7. The Hall–Kier alpha value is -1.80. The second-order valence-corrected chi connectivity index (χ2v) is 6.69. The fourth-order valence-corrected chi connectivity index (χ4v) is 2.79. The summed E-state index contributed by atoms with van der Waals surface area (Å²) in [4.78, 5) is 0. The molecule has 1 atom stereocenters. The minimum atomic E-state index is -0.309. The molecular formula is C20H23BrO6. The second-order valence-electron chi connectivity index (χ2n) is 5.67. The van der Waals surface area contributed by atoms with Crippen molar-refractivity contribution in [1.82, 2.24) is 0 Å². The Morgan fingerprint density at radius 2 is 1.15 bits per heavy atom. The van der Waals surface area contributed by atoms with E-state index >= 15 is 0 Å². The van der Waals surface area contributed by atoms with Crippen LogP contribution in [-0.4, -0.2) is 51.3 Å². The predicted octanol–water partition coefficient (Wildman–Crippen LogP) is 4.02. The molecule has 0 amide bonds. The SMILES string of the molecule is BrC1COCCOCCOCCOc2ccccc2Oc2ccccc2O1. The Morgan fingerprint density at radius 3 is 1.85 bits per heavy atom. The summed E-state index contributed by atoms with van der Waals surface area (Å²) >= 11 is 3.48. The Bertz CT molecular complexity index is 696. The van der Waals surface area contributed by atoms with Crippen molar-refractivity contribution in [1.29, 1.82) is 0 Å². The lowest BCUT2D eigenvalue weighted by atomic mass is 10.3. The Balaban J connectivity index is 1.75. The van der Waals surface area contributed by atoms with Crippen LogP contribution >= 0.6 is 15.9 Å². The lowest BCUT2D eigenvalue weighted by Gasteiger charge is -2.18. The van der Waals surface area contributed by atoms with Crippen molar-refractivity contribution in [2.24, 2.45) is 0 Å². The molecular weight excluding hydrogens is 416 g/mol. The molecule has 0 aromatic heterocycles. The maximum atomic E-state index is 6.06. The number of halogens is 1. The highest BCUT2D eigenvalue weighted by atomic mass is 79.9. The summed E-state index contributed by atoms with van der Waals surface area (Å²) < 4.78 is 34.3. The maximum absolute atomic E-state index is 6.06. The van der Waals surface area contributed by atoms with E-state index in [1.54, 1.807) is 0 Å². The lowest BCUT2D eigenvalue weighted by Crippen LogP contribution is -2.19. The Labute approximate surface area is 167 Å². The number of rotatable bonds is 0. The van der Waals surface area contributed by atoms with Crippen molar-refractivity contribution >= 4 is 15.9 Å². The van der Waals surface area contributed by atoms with Gasteiger partial charge in [-0.05, 0) is 40.2 Å². The summed E-state index contributed by atoms with van der Waals surface area (Å²) in [6.45, 7) is 3.30. The highest BCUT2D eigenvalue weighted by molar-refractivity contribution is 9.09. The summed E-state index contributed by atoms with van der Waals surface area (Å²) in [5, 5.41) is -0.309. The molecule has 0 spiro atoms. The van der Waals surface area contributed by atoms with Gasteiger partial charge in [0, 0.05) is 0 Å². The third-order valence-electron chi connectivity index (χ3n) is 3.65. The molecule has 1 aliphatic rings. The second kappa shape index (κ2) is 11.1. The standard InChI is InChI=1S/C20H23BrO6/c21-20-15-24-12-11-22-9-10-23-13-14-25-16-5-1-2-6-17(16)26-18-7-3-4-8-19(18)27-20/h1-8,20H,9-15H2. The molecule has 0 saturated carbocycles. The van der Waals surface area contributed by atoms with Gasteiger partial charge in [-0.3, -0.25) is 0 Å². The van der Waals surface area contributed by atoms with Crippen molar-refractivity contribution in [2.75, 3.05) is 46.2 Å².